The molecule has 0 saturated carbocycles. The third kappa shape index (κ3) is 4.71. The average molecular weight is 350 g/mol. The van der Waals surface area contributed by atoms with Crippen LogP contribution in [0.3, 0.4) is 0 Å². The minimum Gasteiger partial charge on any atom is -0.490 e. The van der Waals surface area contributed by atoms with Crippen LogP contribution in [0.5, 0.6) is 5.75 Å². The van der Waals surface area contributed by atoms with Crippen LogP contribution < -0.4 is 15.2 Å². The van der Waals surface area contributed by atoms with E-state index in [-0.39, 0.29) is 18.1 Å². The van der Waals surface area contributed by atoms with E-state index < -0.39 is 16.0 Å². The largest absolute Gasteiger partial charge is 0.490 e. The van der Waals surface area contributed by atoms with Crippen LogP contribution in [-0.2, 0) is 14.8 Å². The number of benzene rings is 2. The monoisotopic (exact) mass is 350 g/mol. The summed E-state index contributed by atoms with van der Waals surface area (Å²) in [7, 11) is -2.00. The van der Waals surface area contributed by atoms with Crippen LogP contribution in [0.1, 0.15) is 10.4 Å². The molecule has 0 atom stereocenters. The van der Waals surface area contributed by atoms with E-state index in [0.717, 1.165) is 0 Å². The van der Waals surface area contributed by atoms with E-state index in [1.54, 1.807) is 25.2 Å². The molecule has 0 heterocycles. The van der Waals surface area contributed by atoms with Gasteiger partial charge in [-0.25, -0.2) is 18.4 Å². The smallest absolute Gasteiger partial charge is 0.340 e. The zero-order valence-electron chi connectivity index (χ0n) is 13.1. The molecule has 2 aromatic rings. The van der Waals surface area contributed by atoms with Crippen molar-refractivity contribution in [3.8, 4) is 5.75 Å². The topological polar surface area (TPSA) is 108 Å². The van der Waals surface area contributed by atoms with Gasteiger partial charge in [0.15, 0.2) is 0 Å². The van der Waals surface area contributed by atoms with Gasteiger partial charge in [-0.3, -0.25) is 0 Å². The lowest BCUT2D eigenvalue weighted by atomic mass is 10.2. The standard InChI is InChI=1S/C16H18N2O5S/c1-18-15-5-3-2-4-14(15)16(19)23-11-10-22-12-6-8-13(9-7-12)24(17,20)21/h2-9,18H,10-11H2,1H3,(H2,17,20,21). The van der Waals surface area contributed by atoms with E-state index in [1.165, 1.54) is 24.3 Å². The Morgan fingerprint density at radius 3 is 2.38 bits per heavy atom. The molecule has 0 spiro atoms. The van der Waals surface area contributed by atoms with E-state index in [1.807, 2.05) is 6.07 Å². The van der Waals surface area contributed by atoms with Crippen LogP contribution in [0, 0.1) is 0 Å². The molecule has 0 aliphatic carbocycles. The number of carbonyl (C=O) groups is 1. The summed E-state index contributed by atoms with van der Waals surface area (Å²) in [6, 6.07) is 12.7. The van der Waals surface area contributed by atoms with Crippen LogP contribution in [0.4, 0.5) is 5.69 Å². The van der Waals surface area contributed by atoms with E-state index in [0.29, 0.717) is 17.0 Å². The molecular weight excluding hydrogens is 332 g/mol. The summed E-state index contributed by atoms with van der Waals surface area (Å²) < 4.78 is 32.8. The number of sulfonamides is 1. The quantitative estimate of drug-likeness (QED) is 0.580. The summed E-state index contributed by atoms with van der Waals surface area (Å²) in [6.45, 7) is 0.204. The molecule has 24 heavy (non-hydrogen) atoms. The maximum atomic E-state index is 12.0. The number of nitrogens with one attached hydrogen (secondary N) is 1. The molecule has 2 aromatic carbocycles. The van der Waals surface area contributed by atoms with E-state index >= 15 is 0 Å². The van der Waals surface area contributed by atoms with Gasteiger partial charge in [0.05, 0.1) is 10.5 Å². The SMILES string of the molecule is CNc1ccccc1C(=O)OCCOc1ccc(S(N)(=O)=O)cc1. The molecule has 0 radical (unpaired) electrons. The molecule has 0 aromatic heterocycles. The third-order valence-corrected chi connectivity index (χ3v) is 4.08. The Morgan fingerprint density at radius 1 is 1.08 bits per heavy atom. The highest BCUT2D eigenvalue weighted by Gasteiger charge is 2.11. The van der Waals surface area contributed by atoms with Crippen molar-refractivity contribution in [3.05, 3.63) is 54.1 Å². The molecule has 0 saturated heterocycles. The van der Waals surface area contributed by atoms with Crippen LogP contribution in [-0.4, -0.2) is 34.6 Å². The number of primary sulfonamides is 1. The number of anilines is 1. The molecule has 0 bridgehead atoms. The van der Waals surface area contributed by atoms with Crippen molar-refractivity contribution in [1.82, 2.24) is 0 Å². The highest BCUT2D eigenvalue weighted by Crippen LogP contribution is 2.16. The van der Waals surface area contributed by atoms with E-state index in [9.17, 15) is 13.2 Å². The Morgan fingerprint density at radius 2 is 1.75 bits per heavy atom. The second-order valence-corrected chi connectivity index (χ2v) is 6.36. The Hall–Kier alpha value is -2.58. The van der Waals surface area contributed by atoms with Gasteiger partial charge in [0.2, 0.25) is 10.0 Å². The molecule has 7 nitrogen and oxygen atoms in total. The first kappa shape index (κ1) is 17.8. The van der Waals surface area contributed by atoms with Gasteiger partial charge >= 0.3 is 5.97 Å². The van der Waals surface area contributed by atoms with E-state index in [4.69, 9.17) is 14.6 Å². The summed E-state index contributed by atoms with van der Waals surface area (Å²) in [4.78, 5) is 12.0. The number of rotatable bonds is 7. The minimum absolute atomic E-state index is 0.00458. The fourth-order valence-electron chi connectivity index (χ4n) is 1.98. The lowest BCUT2D eigenvalue weighted by Crippen LogP contribution is -2.14. The second-order valence-electron chi connectivity index (χ2n) is 4.80. The normalized spacial score (nSPS) is 10.9. The van der Waals surface area contributed by atoms with Gasteiger partial charge in [-0.05, 0) is 36.4 Å². The molecule has 0 aliphatic rings. The molecule has 0 fully saturated rings. The van der Waals surface area contributed by atoms with Crippen molar-refractivity contribution in [1.29, 1.82) is 0 Å². The molecule has 3 N–H and O–H groups in total. The number of nitrogens with two attached hydrogens (primary N) is 1. The maximum absolute atomic E-state index is 12.0. The highest BCUT2D eigenvalue weighted by atomic mass is 32.2. The van der Waals surface area contributed by atoms with Crippen molar-refractivity contribution in [2.24, 2.45) is 5.14 Å². The number of ether oxygens (including phenoxy) is 2. The first-order valence-corrected chi connectivity index (χ1v) is 8.66. The van der Waals surface area contributed by atoms with Gasteiger partial charge in [0, 0.05) is 12.7 Å². The molecule has 0 amide bonds. The Kier molecular flexibility index (Phi) is 5.78. The molecular formula is C16H18N2O5S. The van der Waals surface area contributed by atoms with Crippen LogP contribution >= 0.6 is 0 Å². The van der Waals surface area contributed by atoms with Crippen molar-refractivity contribution in [2.45, 2.75) is 4.90 Å². The molecule has 128 valence electrons. The van der Waals surface area contributed by atoms with Crippen LogP contribution in [0.2, 0.25) is 0 Å². The number of hydrogen-bond acceptors (Lipinski definition) is 6. The predicted molar refractivity (Wildman–Crippen MR) is 89.6 cm³/mol. The van der Waals surface area contributed by atoms with Crippen molar-refractivity contribution in [3.63, 3.8) is 0 Å². The fraction of sp³-hybridized carbons (Fsp3) is 0.188. The Bertz CT molecular complexity index is 803. The Labute approximate surface area is 140 Å². The van der Waals surface area contributed by atoms with Gasteiger partial charge < -0.3 is 14.8 Å². The van der Waals surface area contributed by atoms with Gasteiger partial charge in [-0.1, -0.05) is 12.1 Å². The molecule has 0 aliphatic heterocycles. The molecule has 2 rings (SSSR count). The number of hydrogen-bond donors (Lipinski definition) is 2. The summed E-state index contributed by atoms with van der Waals surface area (Å²) in [5, 5.41) is 7.93. The highest BCUT2D eigenvalue weighted by molar-refractivity contribution is 7.89. The molecule has 8 heteroatoms. The van der Waals surface area contributed by atoms with Crippen molar-refractivity contribution in [2.75, 3.05) is 25.6 Å². The first-order valence-electron chi connectivity index (χ1n) is 7.11. The predicted octanol–water partition coefficient (Wildman–Crippen LogP) is 1.61. The third-order valence-electron chi connectivity index (χ3n) is 3.15. The lowest BCUT2D eigenvalue weighted by molar-refractivity contribution is 0.0451. The number of esters is 1. The van der Waals surface area contributed by atoms with Gasteiger partial charge in [0.1, 0.15) is 19.0 Å². The molecule has 0 unspecified atom stereocenters. The summed E-state index contributed by atoms with van der Waals surface area (Å²) >= 11 is 0. The maximum Gasteiger partial charge on any atom is 0.340 e. The lowest BCUT2D eigenvalue weighted by Gasteiger charge is -2.10. The summed E-state index contributed by atoms with van der Waals surface area (Å²) in [5.41, 5.74) is 1.12. The zero-order chi connectivity index (χ0) is 17.6. The fourth-order valence-corrected chi connectivity index (χ4v) is 2.49. The Balaban J connectivity index is 1.83. The van der Waals surface area contributed by atoms with Gasteiger partial charge in [-0.15, -0.1) is 0 Å². The first-order chi connectivity index (χ1) is 11.4. The van der Waals surface area contributed by atoms with Gasteiger partial charge in [0.25, 0.3) is 0 Å². The van der Waals surface area contributed by atoms with Crippen molar-refractivity contribution < 1.29 is 22.7 Å². The van der Waals surface area contributed by atoms with Crippen LogP contribution in [0.15, 0.2) is 53.4 Å². The summed E-state index contributed by atoms with van der Waals surface area (Å²) in [5.74, 6) is 0.00203. The van der Waals surface area contributed by atoms with E-state index in [2.05, 4.69) is 5.32 Å². The minimum atomic E-state index is -3.72. The second kappa shape index (κ2) is 7.80. The summed E-state index contributed by atoms with van der Waals surface area (Å²) in [6.07, 6.45) is 0. The average Bonchev–Trinajstić information content (AvgIpc) is 2.58. The van der Waals surface area contributed by atoms with Gasteiger partial charge in [-0.2, -0.15) is 0 Å². The van der Waals surface area contributed by atoms with Crippen molar-refractivity contribution >= 4 is 21.7 Å². The zero-order valence-corrected chi connectivity index (χ0v) is 13.9. The number of para-hydroxylation sites is 1. The number of carbonyl (C=O) groups excluding carboxylic acids is 1. The van der Waals surface area contributed by atoms with Crippen LogP contribution in [0.25, 0.3) is 0 Å².